The van der Waals surface area contributed by atoms with E-state index in [4.69, 9.17) is 9.72 Å². The summed E-state index contributed by atoms with van der Waals surface area (Å²) in [5, 5.41) is 13.0. The first-order valence-electron chi connectivity index (χ1n) is 13.8. The zero-order valence-corrected chi connectivity index (χ0v) is 23.1. The molecular weight excluding hydrogens is 472 g/mol. The van der Waals surface area contributed by atoms with Gasteiger partial charge in [-0.05, 0) is 86.9 Å². The minimum atomic E-state index is -0.709. The van der Waals surface area contributed by atoms with Gasteiger partial charge < -0.3 is 15.2 Å². The van der Waals surface area contributed by atoms with Crippen LogP contribution in [0.1, 0.15) is 74.0 Å². The van der Waals surface area contributed by atoms with Gasteiger partial charge in [-0.2, -0.15) is 0 Å². The second-order valence-electron chi connectivity index (χ2n) is 9.98. The fourth-order valence-electron chi connectivity index (χ4n) is 4.53. The van der Waals surface area contributed by atoms with Crippen LogP contribution in [0.2, 0.25) is 0 Å². The molecule has 2 aromatic carbocycles. The summed E-state index contributed by atoms with van der Waals surface area (Å²) in [4.78, 5) is 16.4. The number of nitrogens with zero attached hydrogens (tertiary/aromatic N) is 1. The molecule has 0 amide bonds. The first-order valence-corrected chi connectivity index (χ1v) is 13.8. The number of unbranched alkanes of at least 4 members (excludes halogenated alkanes) is 1. The van der Waals surface area contributed by atoms with E-state index in [-0.39, 0.29) is 0 Å². The molecule has 5 heteroatoms. The summed E-state index contributed by atoms with van der Waals surface area (Å²) in [7, 11) is 0. The van der Waals surface area contributed by atoms with Gasteiger partial charge in [-0.3, -0.25) is 9.78 Å². The van der Waals surface area contributed by atoms with Crippen molar-refractivity contribution in [2.24, 2.45) is 5.41 Å². The Bertz CT molecular complexity index is 1170. The van der Waals surface area contributed by atoms with Crippen LogP contribution in [0.25, 0.3) is 12.2 Å². The van der Waals surface area contributed by atoms with Crippen molar-refractivity contribution in [2.45, 2.75) is 65.9 Å². The molecule has 3 rings (SSSR count). The van der Waals surface area contributed by atoms with Crippen molar-refractivity contribution < 1.29 is 14.6 Å². The Morgan fingerprint density at radius 3 is 2.50 bits per heavy atom. The molecule has 0 bridgehead atoms. The van der Waals surface area contributed by atoms with Crippen molar-refractivity contribution in [3.63, 3.8) is 0 Å². The predicted octanol–water partition coefficient (Wildman–Crippen LogP) is 7.79. The summed E-state index contributed by atoms with van der Waals surface area (Å²) in [5.74, 6) is -0.709. The number of aromatic nitrogens is 1. The van der Waals surface area contributed by atoms with E-state index >= 15 is 0 Å². The number of benzene rings is 2. The van der Waals surface area contributed by atoms with Gasteiger partial charge in [0.15, 0.2) is 0 Å². The SMILES string of the molecule is CCC(CC)(CCNc1cccc(C=Cc2cccc(COCCCCc3ccc(C)cc3)n2)c1)C(=O)O. The van der Waals surface area contributed by atoms with E-state index in [1.807, 2.05) is 62.4 Å². The fraction of sp³-hybridized carbons (Fsp3) is 0.394. The van der Waals surface area contributed by atoms with Gasteiger partial charge in [-0.1, -0.05) is 68.0 Å². The zero-order chi connectivity index (χ0) is 27.2. The molecule has 1 aromatic heterocycles. The van der Waals surface area contributed by atoms with Crippen LogP contribution in [0.15, 0.2) is 66.7 Å². The lowest BCUT2D eigenvalue weighted by atomic mass is 9.79. The number of pyridine rings is 1. The van der Waals surface area contributed by atoms with Crippen LogP contribution >= 0.6 is 0 Å². The van der Waals surface area contributed by atoms with Crippen LogP contribution in [-0.2, 0) is 22.6 Å². The van der Waals surface area contributed by atoms with E-state index in [9.17, 15) is 9.90 Å². The van der Waals surface area contributed by atoms with Crippen molar-refractivity contribution in [1.29, 1.82) is 0 Å². The number of rotatable bonds is 16. The second-order valence-corrected chi connectivity index (χ2v) is 9.98. The molecule has 202 valence electrons. The van der Waals surface area contributed by atoms with E-state index in [2.05, 4.69) is 42.6 Å². The molecule has 5 nitrogen and oxygen atoms in total. The minimum absolute atomic E-state index is 0.513. The maximum Gasteiger partial charge on any atom is 0.309 e. The normalized spacial score (nSPS) is 11.7. The lowest BCUT2D eigenvalue weighted by Crippen LogP contribution is -2.31. The summed E-state index contributed by atoms with van der Waals surface area (Å²) in [6, 6.07) is 22.9. The zero-order valence-electron chi connectivity index (χ0n) is 23.1. The number of aliphatic carboxylic acids is 1. The molecule has 2 N–H and O–H groups in total. The molecule has 0 saturated carbocycles. The molecule has 0 aliphatic heterocycles. The monoisotopic (exact) mass is 514 g/mol. The number of hydrogen-bond acceptors (Lipinski definition) is 4. The van der Waals surface area contributed by atoms with E-state index in [1.165, 1.54) is 11.1 Å². The third-order valence-electron chi connectivity index (χ3n) is 7.28. The first-order chi connectivity index (χ1) is 18.4. The van der Waals surface area contributed by atoms with Crippen molar-refractivity contribution in [3.8, 4) is 0 Å². The Morgan fingerprint density at radius 1 is 1.00 bits per heavy atom. The largest absolute Gasteiger partial charge is 0.481 e. The van der Waals surface area contributed by atoms with E-state index in [1.54, 1.807) is 0 Å². The number of ether oxygens (including phenoxy) is 1. The number of anilines is 1. The standard InChI is InChI=1S/C33H42N2O3/c1-4-33(5-2,32(36)37)21-22-34-30-13-8-11-28(24-30)19-20-29-12-9-14-31(35-29)25-38-23-7-6-10-27-17-15-26(3)16-18-27/h8-9,11-20,24,34H,4-7,10,21-23,25H2,1-3H3,(H,36,37). The molecule has 0 atom stereocenters. The number of carboxylic acid groups (broad SMARTS) is 1. The molecular formula is C33H42N2O3. The highest BCUT2D eigenvalue weighted by Crippen LogP contribution is 2.31. The van der Waals surface area contributed by atoms with E-state index < -0.39 is 11.4 Å². The highest BCUT2D eigenvalue weighted by atomic mass is 16.5. The topological polar surface area (TPSA) is 71.5 Å². The first kappa shape index (κ1) is 29.1. The van der Waals surface area contributed by atoms with Gasteiger partial charge in [-0.25, -0.2) is 0 Å². The quantitative estimate of drug-likeness (QED) is 0.191. The average Bonchev–Trinajstić information content (AvgIpc) is 2.93. The molecule has 38 heavy (non-hydrogen) atoms. The van der Waals surface area contributed by atoms with E-state index in [0.717, 1.165) is 48.5 Å². The highest BCUT2D eigenvalue weighted by molar-refractivity contribution is 5.74. The number of aryl methyl sites for hydroxylation is 2. The third-order valence-corrected chi connectivity index (χ3v) is 7.28. The Hall–Kier alpha value is -3.44. The van der Waals surface area contributed by atoms with Gasteiger partial charge >= 0.3 is 5.97 Å². The maximum atomic E-state index is 11.7. The van der Waals surface area contributed by atoms with Crippen LogP contribution < -0.4 is 5.32 Å². The van der Waals surface area contributed by atoms with Gasteiger partial charge in [0.25, 0.3) is 0 Å². The molecule has 0 radical (unpaired) electrons. The lowest BCUT2D eigenvalue weighted by Gasteiger charge is -2.26. The molecule has 0 unspecified atom stereocenters. The molecule has 0 spiro atoms. The smallest absolute Gasteiger partial charge is 0.309 e. The van der Waals surface area contributed by atoms with Crippen LogP contribution in [0.4, 0.5) is 5.69 Å². The average molecular weight is 515 g/mol. The number of hydrogen-bond donors (Lipinski definition) is 2. The molecule has 3 aromatic rings. The molecule has 0 aliphatic rings. The summed E-state index contributed by atoms with van der Waals surface area (Å²) < 4.78 is 5.87. The molecule has 0 saturated heterocycles. The number of carbonyl (C=O) groups is 1. The fourth-order valence-corrected chi connectivity index (χ4v) is 4.53. The maximum absolute atomic E-state index is 11.7. The molecule has 1 heterocycles. The van der Waals surface area contributed by atoms with Crippen LogP contribution in [-0.4, -0.2) is 29.2 Å². The Morgan fingerprint density at radius 2 is 1.76 bits per heavy atom. The number of carboxylic acids is 1. The van der Waals surface area contributed by atoms with Crippen molar-refractivity contribution in [3.05, 3.63) is 94.8 Å². The van der Waals surface area contributed by atoms with Crippen molar-refractivity contribution in [1.82, 2.24) is 4.98 Å². The number of nitrogens with one attached hydrogen (secondary N) is 1. The third kappa shape index (κ3) is 9.14. The summed E-state index contributed by atoms with van der Waals surface area (Å²) >= 11 is 0. The van der Waals surface area contributed by atoms with Crippen LogP contribution in [0.5, 0.6) is 0 Å². The van der Waals surface area contributed by atoms with Gasteiger partial charge in [0.05, 0.1) is 23.4 Å². The van der Waals surface area contributed by atoms with Gasteiger partial charge in [-0.15, -0.1) is 0 Å². The summed E-state index contributed by atoms with van der Waals surface area (Å²) in [5.41, 5.74) is 5.87. The summed E-state index contributed by atoms with van der Waals surface area (Å²) in [6.07, 6.45) is 9.15. The van der Waals surface area contributed by atoms with E-state index in [0.29, 0.717) is 32.4 Å². The summed E-state index contributed by atoms with van der Waals surface area (Å²) in [6.45, 7) is 7.88. The van der Waals surface area contributed by atoms with Crippen molar-refractivity contribution >= 4 is 23.8 Å². The molecule has 0 aliphatic carbocycles. The van der Waals surface area contributed by atoms with Gasteiger partial charge in [0.2, 0.25) is 0 Å². The Balaban J connectivity index is 1.44. The predicted molar refractivity (Wildman–Crippen MR) is 157 cm³/mol. The van der Waals surface area contributed by atoms with Crippen molar-refractivity contribution in [2.75, 3.05) is 18.5 Å². The minimum Gasteiger partial charge on any atom is -0.481 e. The Labute approximate surface area is 228 Å². The van der Waals surface area contributed by atoms with Gasteiger partial charge in [0.1, 0.15) is 0 Å². The highest BCUT2D eigenvalue weighted by Gasteiger charge is 2.34. The van der Waals surface area contributed by atoms with Crippen LogP contribution in [0, 0.1) is 12.3 Å². The second kappa shape index (κ2) is 15.1. The Kier molecular flexibility index (Phi) is 11.6. The molecule has 0 fully saturated rings. The van der Waals surface area contributed by atoms with Gasteiger partial charge in [0, 0.05) is 18.8 Å². The van der Waals surface area contributed by atoms with Crippen LogP contribution in [0.3, 0.4) is 0 Å². The lowest BCUT2D eigenvalue weighted by molar-refractivity contribution is -0.149.